The molecule has 4 heterocycles. The van der Waals surface area contributed by atoms with E-state index in [1.54, 1.807) is 6.92 Å². The lowest BCUT2D eigenvalue weighted by Crippen LogP contribution is -2.42. The first kappa shape index (κ1) is 20.3. The number of hydrogen-bond acceptors (Lipinski definition) is 5. The fraction of sp³-hybridized carbons (Fsp3) is 0.727. The number of amides is 2. The highest BCUT2D eigenvalue weighted by Crippen LogP contribution is 2.30. The Kier molecular flexibility index (Phi) is 6.13. The molecular formula is C22H33N5O2. The predicted octanol–water partition coefficient (Wildman–Crippen LogP) is 2.31. The summed E-state index contributed by atoms with van der Waals surface area (Å²) in [4.78, 5) is 40.3. The monoisotopic (exact) mass is 399 g/mol. The average molecular weight is 400 g/mol. The Hall–Kier alpha value is -2.02. The standard InChI is InChI=1S/C22H33N5O2/c1-16-6-3-4-10-25(16)13-9-21(29)26-12-8-19-18(15-26)14-23-22(24-19)20-7-5-11-27(20)17(2)28/h14,16,20H,3-13,15H2,1-2H3. The van der Waals surface area contributed by atoms with Crippen LogP contribution >= 0.6 is 0 Å². The SMILES string of the molecule is CC(=O)N1CCCC1c1ncc2c(n1)CCN(C(=O)CCN1CCCCC1C)C2. The Bertz CT molecular complexity index is 768. The van der Waals surface area contributed by atoms with Crippen LogP contribution in [0.15, 0.2) is 6.20 Å². The molecule has 2 amide bonds. The van der Waals surface area contributed by atoms with Crippen LogP contribution in [-0.4, -0.2) is 68.7 Å². The van der Waals surface area contributed by atoms with Crippen molar-refractivity contribution in [1.82, 2.24) is 24.7 Å². The van der Waals surface area contributed by atoms with Gasteiger partial charge in [0, 0.05) is 63.7 Å². The van der Waals surface area contributed by atoms with Crippen LogP contribution < -0.4 is 0 Å². The summed E-state index contributed by atoms with van der Waals surface area (Å²) in [7, 11) is 0. The lowest BCUT2D eigenvalue weighted by atomic mass is 10.0. The molecule has 0 saturated carbocycles. The van der Waals surface area contributed by atoms with E-state index in [1.165, 1.54) is 19.3 Å². The van der Waals surface area contributed by atoms with Gasteiger partial charge < -0.3 is 14.7 Å². The molecule has 158 valence electrons. The highest BCUT2D eigenvalue weighted by molar-refractivity contribution is 5.76. The molecule has 29 heavy (non-hydrogen) atoms. The minimum absolute atomic E-state index is 0.00370. The number of nitrogens with zero attached hydrogens (tertiary/aromatic N) is 5. The maximum Gasteiger partial charge on any atom is 0.224 e. The molecule has 2 atom stereocenters. The van der Waals surface area contributed by atoms with Gasteiger partial charge in [0.15, 0.2) is 5.82 Å². The largest absolute Gasteiger partial charge is 0.338 e. The van der Waals surface area contributed by atoms with Gasteiger partial charge in [-0.2, -0.15) is 0 Å². The summed E-state index contributed by atoms with van der Waals surface area (Å²) >= 11 is 0. The first-order chi connectivity index (χ1) is 14.0. The van der Waals surface area contributed by atoms with E-state index in [1.807, 2.05) is 16.0 Å². The molecule has 3 aliphatic rings. The van der Waals surface area contributed by atoms with Gasteiger partial charge in [0.2, 0.25) is 11.8 Å². The molecule has 1 aromatic rings. The van der Waals surface area contributed by atoms with Gasteiger partial charge in [-0.05, 0) is 39.2 Å². The van der Waals surface area contributed by atoms with Crippen LogP contribution in [0.5, 0.6) is 0 Å². The molecule has 0 aliphatic carbocycles. The van der Waals surface area contributed by atoms with Crippen LogP contribution in [0, 0.1) is 0 Å². The van der Waals surface area contributed by atoms with E-state index in [-0.39, 0.29) is 17.9 Å². The zero-order valence-corrected chi connectivity index (χ0v) is 17.8. The van der Waals surface area contributed by atoms with Crippen molar-refractivity contribution in [1.29, 1.82) is 0 Å². The molecule has 0 bridgehead atoms. The summed E-state index contributed by atoms with van der Waals surface area (Å²) in [6.45, 7) is 7.98. The van der Waals surface area contributed by atoms with Crippen LogP contribution in [0.4, 0.5) is 0 Å². The lowest BCUT2D eigenvalue weighted by molar-refractivity contribution is -0.133. The Morgan fingerprint density at radius 2 is 2.00 bits per heavy atom. The minimum Gasteiger partial charge on any atom is -0.338 e. The second-order valence-electron chi connectivity index (χ2n) is 8.77. The maximum atomic E-state index is 12.8. The van der Waals surface area contributed by atoms with Gasteiger partial charge in [0.25, 0.3) is 0 Å². The van der Waals surface area contributed by atoms with E-state index in [9.17, 15) is 9.59 Å². The average Bonchev–Trinajstić information content (AvgIpc) is 3.22. The number of carbonyl (C=O) groups is 2. The van der Waals surface area contributed by atoms with Crippen LogP contribution in [0.3, 0.4) is 0 Å². The van der Waals surface area contributed by atoms with E-state index in [0.29, 0.717) is 19.0 Å². The Morgan fingerprint density at radius 3 is 2.79 bits per heavy atom. The normalized spacial score (nSPS) is 25.2. The number of hydrogen-bond donors (Lipinski definition) is 0. The first-order valence-electron chi connectivity index (χ1n) is 11.2. The number of fused-ring (bicyclic) bond motifs is 1. The quantitative estimate of drug-likeness (QED) is 0.777. The second kappa shape index (κ2) is 8.78. The summed E-state index contributed by atoms with van der Waals surface area (Å²) in [6.07, 6.45) is 8.96. The molecule has 2 saturated heterocycles. The minimum atomic E-state index is 0.00370. The smallest absolute Gasteiger partial charge is 0.224 e. The summed E-state index contributed by atoms with van der Waals surface area (Å²) in [5.74, 6) is 1.08. The summed E-state index contributed by atoms with van der Waals surface area (Å²) in [6, 6.07) is 0.597. The van der Waals surface area contributed by atoms with Crippen LogP contribution in [-0.2, 0) is 22.6 Å². The zero-order valence-electron chi connectivity index (χ0n) is 17.8. The number of rotatable bonds is 4. The fourth-order valence-electron chi connectivity index (χ4n) is 5.00. The van der Waals surface area contributed by atoms with Crippen LogP contribution in [0.25, 0.3) is 0 Å². The molecule has 0 spiro atoms. The molecule has 4 rings (SSSR count). The van der Waals surface area contributed by atoms with Gasteiger partial charge in [0.05, 0.1) is 11.7 Å². The van der Waals surface area contributed by atoms with Gasteiger partial charge in [-0.3, -0.25) is 9.59 Å². The van der Waals surface area contributed by atoms with Crippen LogP contribution in [0.1, 0.15) is 75.5 Å². The molecule has 0 N–H and O–H groups in total. The molecule has 2 unspecified atom stereocenters. The number of aromatic nitrogens is 2. The van der Waals surface area contributed by atoms with Gasteiger partial charge in [0.1, 0.15) is 0 Å². The summed E-state index contributed by atoms with van der Waals surface area (Å²) in [5.41, 5.74) is 2.09. The second-order valence-corrected chi connectivity index (χ2v) is 8.77. The topological polar surface area (TPSA) is 69.6 Å². The Balaban J connectivity index is 1.36. The molecule has 1 aromatic heterocycles. The van der Waals surface area contributed by atoms with Crippen molar-refractivity contribution in [3.05, 3.63) is 23.3 Å². The molecule has 0 radical (unpaired) electrons. The van der Waals surface area contributed by atoms with Crippen molar-refractivity contribution in [3.8, 4) is 0 Å². The van der Waals surface area contributed by atoms with Crippen molar-refractivity contribution in [3.63, 3.8) is 0 Å². The third kappa shape index (κ3) is 4.44. The van der Waals surface area contributed by atoms with Gasteiger partial charge >= 0.3 is 0 Å². The predicted molar refractivity (Wildman–Crippen MR) is 110 cm³/mol. The fourth-order valence-corrected chi connectivity index (χ4v) is 5.00. The van der Waals surface area contributed by atoms with E-state index >= 15 is 0 Å². The lowest BCUT2D eigenvalue weighted by Gasteiger charge is -2.34. The maximum absolute atomic E-state index is 12.8. The van der Waals surface area contributed by atoms with Crippen LogP contribution in [0.2, 0.25) is 0 Å². The third-order valence-corrected chi connectivity index (χ3v) is 6.81. The molecule has 7 nitrogen and oxygen atoms in total. The Labute approximate surface area is 173 Å². The van der Waals surface area contributed by atoms with Crippen molar-refractivity contribution in [2.45, 2.75) is 77.4 Å². The van der Waals surface area contributed by atoms with Gasteiger partial charge in [-0.15, -0.1) is 0 Å². The van der Waals surface area contributed by atoms with Crippen molar-refractivity contribution >= 4 is 11.8 Å². The van der Waals surface area contributed by atoms with Gasteiger partial charge in [-0.25, -0.2) is 9.97 Å². The zero-order chi connectivity index (χ0) is 20.4. The Morgan fingerprint density at radius 1 is 1.14 bits per heavy atom. The van der Waals surface area contributed by atoms with Crippen molar-refractivity contribution in [2.75, 3.05) is 26.2 Å². The third-order valence-electron chi connectivity index (χ3n) is 6.81. The number of likely N-dealkylation sites (tertiary alicyclic amines) is 2. The van der Waals surface area contributed by atoms with Crippen molar-refractivity contribution in [2.24, 2.45) is 0 Å². The molecule has 0 aromatic carbocycles. The molecule has 3 aliphatic heterocycles. The highest BCUT2D eigenvalue weighted by Gasteiger charge is 2.31. The molecule has 7 heteroatoms. The van der Waals surface area contributed by atoms with E-state index < -0.39 is 0 Å². The molecule has 2 fully saturated rings. The first-order valence-corrected chi connectivity index (χ1v) is 11.2. The molecular weight excluding hydrogens is 366 g/mol. The van der Waals surface area contributed by atoms with E-state index in [2.05, 4.69) is 16.8 Å². The number of carbonyl (C=O) groups excluding carboxylic acids is 2. The van der Waals surface area contributed by atoms with E-state index in [0.717, 1.165) is 62.5 Å². The number of piperidine rings is 1. The highest BCUT2D eigenvalue weighted by atomic mass is 16.2. The van der Waals surface area contributed by atoms with Crippen molar-refractivity contribution < 1.29 is 9.59 Å². The summed E-state index contributed by atoms with van der Waals surface area (Å²) < 4.78 is 0. The van der Waals surface area contributed by atoms with Gasteiger partial charge in [-0.1, -0.05) is 6.42 Å². The summed E-state index contributed by atoms with van der Waals surface area (Å²) in [5, 5.41) is 0. The van der Waals surface area contributed by atoms with E-state index in [4.69, 9.17) is 4.98 Å².